The van der Waals surface area contributed by atoms with Crippen LogP contribution in [0.25, 0.3) is 0 Å². The van der Waals surface area contributed by atoms with Crippen molar-refractivity contribution in [3.05, 3.63) is 23.8 Å². The summed E-state index contributed by atoms with van der Waals surface area (Å²) in [5.74, 6) is 0.819. The number of hydrogen-bond donors (Lipinski definition) is 1. The lowest BCUT2D eigenvalue weighted by molar-refractivity contribution is -0.0761. The van der Waals surface area contributed by atoms with Gasteiger partial charge in [0.25, 0.3) is 0 Å². The molecule has 0 aromatic carbocycles. The SMILES string of the molecule is CNCc1ccnc(C2(C)CCCCO2)n1. The first-order chi connectivity index (χ1) is 7.74. The highest BCUT2D eigenvalue weighted by molar-refractivity contribution is 5.08. The molecule has 0 aliphatic carbocycles. The number of nitrogens with one attached hydrogen (secondary N) is 1. The van der Waals surface area contributed by atoms with Crippen molar-refractivity contribution < 1.29 is 4.74 Å². The van der Waals surface area contributed by atoms with Gasteiger partial charge in [0.1, 0.15) is 5.60 Å². The normalized spacial score (nSPS) is 25.6. The second kappa shape index (κ2) is 4.89. The molecule has 1 unspecified atom stereocenters. The molecule has 2 heterocycles. The van der Waals surface area contributed by atoms with E-state index in [1.807, 2.05) is 19.3 Å². The predicted molar refractivity (Wildman–Crippen MR) is 62.0 cm³/mol. The zero-order valence-corrected chi connectivity index (χ0v) is 9.99. The number of nitrogens with zero attached hydrogens (tertiary/aromatic N) is 2. The quantitative estimate of drug-likeness (QED) is 0.842. The molecule has 1 saturated heterocycles. The van der Waals surface area contributed by atoms with Gasteiger partial charge in [0.05, 0.1) is 5.69 Å². The van der Waals surface area contributed by atoms with Crippen LogP contribution in [0, 0.1) is 0 Å². The summed E-state index contributed by atoms with van der Waals surface area (Å²) in [7, 11) is 1.92. The second-order valence-corrected chi connectivity index (χ2v) is 4.44. The van der Waals surface area contributed by atoms with Gasteiger partial charge in [-0.05, 0) is 39.3 Å². The van der Waals surface area contributed by atoms with Gasteiger partial charge in [0.2, 0.25) is 0 Å². The highest BCUT2D eigenvalue weighted by Crippen LogP contribution is 2.32. The van der Waals surface area contributed by atoms with Crippen LogP contribution in [0.5, 0.6) is 0 Å². The number of aromatic nitrogens is 2. The van der Waals surface area contributed by atoms with Crippen LogP contribution in [-0.2, 0) is 16.9 Å². The van der Waals surface area contributed by atoms with Crippen molar-refractivity contribution in [2.75, 3.05) is 13.7 Å². The van der Waals surface area contributed by atoms with E-state index in [0.29, 0.717) is 0 Å². The van der Waals surface area contributed by atoms with Crippen LogP contribution in [0.1, 0.15) is 37.7 Å². The van der Waals surface area contributed by atoms with Crippen molar-refractivity contribution in [2.24, 2.45) is 0 Å². The molecule has 2 rings (SSSR count). The maximum Gasteiger partial charge on any atom is 0.160 e. The Balaban J connectivity index is 2.21. The standard InChI is InChI=1S/C12H19N3O/c1-12(6-3-4-8-16-12)11-14-7-5-10(15-11)9-13-2/h5,7,13H,3-4,6,8-9H2,1-2H3. The fraction of sp³-hybridized carbons (Fsp3) is 0.667. The molecule has 1 aromatic heterocycles. The van der Waals surface area contributed by atoms with E-state index in [1.54, 1.807) is 0 Å². The Labute approximate surface area is 96.4 Å². The lowest BCUT2D eigenvalue weighted by Crippen LogP contribution is -2.32. The molecule has 0 amide bonds. The molecule has 1 atom stereocenters. The van der Waals surface area contributed by atoms with Crippen LogP contribution in [0.4, 0.5) is 0 Å². The third-order valence-corrected chi connectivity index (χ3v) is 3.01. The summed E-state index contributed by atoms with van der Waals surface area (Å²) in [6.45, 7) is 3.67. The van der Waals surface area contributed by atoms with Gasteiger partial charge in [-0.25, -0.2) is 9.97 Å². The van der Waals surface area contributed by atoms with Crippen molar-refractivity contribution in [3.8, 4) is 0 Å². The molecule has 88 valence electrons. The maximum atomic E-state index is 5.84. The fourth-order valence-corrected chi connectivity index (χ4v) is 2.04. The Morgan fingerprint density at radius 1 is 1.50 bits per heavy atom. The first-order valence-electron chi connectivity index (χ1n) is 5.85. The molecule has 1 aliphatic heterocycles. The van der Waals surface area contributed by atoms with Crippen LogP contribution in [0.3, 0.4) is 0 Å². The summed E-state index contributed by atoms with van der Waals surface area (Å²) >= 11 is 0. The van der Waals surface area contributed by atoms with Gasteiger partial charge in [-0.1, -0.05) is 0 Å². The molecule has 1 N–H and O–H groups in total. The Morgan fingerprint density at radius 2 is 2.38 bits per heavy atom. The summed E-state index contributed by atoms with van der Waals surface area (Å²) in [5.41, 5.74) is 0.727. The summed E-state index contributed by atoms with van der Waals surface area (Å²) < 4.78 is 5.84. The zero-order chi connectivity index (χ0) is 11.4. The lowest BCUT2D eigenvalue weighted by atomic mass is 9.95. The van der Waals surface area contributed by atoms with Gasteiger partial charge in [-0.3, -0.25) is 0 Å². The molecule has 1 fully saturated rings. The summed E-state index contributed by atoms with van der Waals surface area (Å²) in [5, 5.41) is 3.10. The van der Waals surface area contributed by atoms with E-state index < -0.39 is 0 Å². The molecule has 4 heteroatoms. The molecule has 1 aromatic rings. The van der Waals surface area contributed by atoms with Crippen molar-refractivity contribution >= 4 is 0 Å². The second-order valence-electron chi connectivity index (χ2n) is 4.44. The van der Waals surface area contributed by atoms with E-state index in [9.17, 15) is 0 Å². The zero-order valence-electron chi connectivity index (χ0n) is 9.99. The predicted octanol–water partition coefficient (Wildman–Crippen LogP) is 1.61. The molecule has 0 radical (unpaired) electrons. The molecule has 4 nitrogen and oxygen atoms in total. The molecule has 16 heavy (non-hydrogen) atoms. The first-order valence-corrected chi connectivity index (χ1v) is 5.85. The number of rotatable bonds is 3. The van der Waals surface area contributed by atoms with Gasteiger partial charge in [0, 0.05) is 19.3 Å². The van der Waals surface area contributed by atoms with Gasteiger partial charge in [-0.15, -0.1) is 0 Å². The van der Waals surface area contributed by atoms with Crippen LogP contribution < -0.4 is 5.32 Å². The van der Waals surface area contributed by atoms with E-state index in [1.165, 1.54) is 6.42 Å². The molecule has 0 saturated carbocycles. The minimum Gasteiger partial charge on any atom is -0.367 e. The Kier molecular flexibility index (Phi) is 3.51. The molecule has 1 aliphatic rings. The largest absolute Gasteiger partial charge is 0.367 e. The Hall–Kier alpha value is -1.00. The van der Waals surface area contributed by atoms with Crippen molar-refractivity contribution in [1.29, 1.82) is 0 Å². The number of ether oxygens (including phenoxy) is 1. The van der Waals surface area contributed by atoms with Crippen LogP contribution in [0.15, 0.2) is 12.3 Å². The third kappa shape index (κ3) is 2.39. The monoisotopic (exact) mass is 221 g/mol. The smallest absolute Gasteiger partial charge is 0.160 e. The van der Waals surface area contributed by atoms with Crippen molar-refractivity contribution in [1.82, 2.24) is 15.3 Å². The van der Waals surface area contributed by atoms with Gasteiger partial charge < -0.3 is 10.1 Å². The average molecular weight is 221 g/mol. The van der Waals surface area contributed by atoms with Crippen molar-refractivity contribution in [2.45, 2.75) is 38.3 Å². The van der Waals surface area contributed by atoms with E-state index in [0.717, 1.165) is 37.5 Å². The summed E-state index contributed by atoms with van der Waals surface area (Å²) in [6.07, 6.45) is 5.16. The van der Waals surface area contributed by atoms with E-state index in [2.05, 4.69) is 22.2 Å². The highest BCUT2D eigenvalue weighted by atomic mass is 16.5. The van der Waals surface area contributed by atoms with Crippen molar-refractivity contribution in [3.63, 3.8) is 0 Å². The van der Waals surface area contributed by atoms with Gasteiger partial charge in [0.15, 0.2) is 5.82 Å². The van der Waals surface area contributed by atoms with E-state index >= 15 is 0 Å². The fourth-order valence-electron chi connectivity index (χ4n) is 2.04. The molecule has 0 spiro atoms. The third-order valence-electron chi connectivity index (χ3n) is 3.01. The molecular weight excluding hydrogens is 202 g/mol. The van der Waals surface area contributed by atoms with E-state index in [4.69, 9.17) is 4.74 Å². The van der Waals surface area contributed by atoms with E-state index in [-0.39, 0.29) is 5.60 Å². The lowest BCUT2D eigenvalue weighted by Gasteiger charge is -2.32. The average Bonchev–Trinajstić information content (AvgIpc) is 2.31. The van der Waals surface area contributed by atoms with Crippen LogP contribution in [0.2, 0.25) is 0 Å². The highest BCUT2D eigenvalue weighted by Gasteiger charge is 2.32. The first kappa shape index (κ1) is 11.5. The maximum absolute atomic E-state index is 5.84. The summed E-state index contributed by atoms with van der Waals surface area (Å²) in [6, 6.07) is 1.94. The van der Waals surface area contributed by atoms with Gasteiger partial charge in [-0.2, -0.15) is 0 Å². The van der Waals surface area contributed by atoms with Gasteiger partial charge >= 0.3 is 0 Å². The number of hydrogen-bond acceptors (Lipinski definition) is 4. The Morgan fingerprint density at radius 3 is 3.06 bits per heavy atom. The topological polar surface area (TPSA) is 47.0 Å². The van der Waals surface area contributed by atoms with Crippen LogP contribution in [-0.4, -0.2) is 23.6 Å². The minimum absolute atomic E-state index is 0.290. The van der Waals surface area contributed by atoms with Crippen LogP contribution >= 0.6 is 0 Å². The summed E-state index contributed by atoms with van der Waals surface area (Å²) in [4.78, 5) is 8.91. The molecule has 0 bridgehead atoms. The minimum atomic E-state index is -0.290. The molecular formula is C12H19N3O. The Bertz CT molecular complexity index is 348.